The van der Waals surface area contributed by atoms with Crippen molar-refractivity contribution in [2.75, 3.05) is 6.54 Å². The van der Waals surface area contributed by atoms with Crippen LogP contribution in [0.5, 0.6) is 5.75 Å². The maximum absolute atomic E-state index is 12.8. The van der Waals surface area contributed by atoms with Gasteiger partial charge in [-0.2, -0.15) is 18.7 Å². The summed E-state index contributed by atoms with van der Waals surface area (Å²) < 4.78 is 35.1. The zero-order valence-electron chi connectivity index (χ0n) is 19.3. The van der Waals surface area contributed by atoms with Crippen molar-refractivity contribution in [3.8, 4) is 5.75 Å². The molecule has 2 heterocycles. The predicted octanol–water partition coefficient (Wildman–Crippen LogP) is 2.94. The molecule has 37 heavy (non-hydrogen) atoms. The number of ether oxygens (including phenoxy) is 1. The summed E-state index contributed by atoms with van der Waals surface area (Å²) >= 11 is 5.87. The summed E-state index contributed by atoms with van der Waals surface area (Å²) in [7, 11) is -4.05. The average Bonchev–Trinajstić information content (AvgIpc) is 3.59. The number of halogens is 1. The van der Waals surface area contributed by atoms with Crippen LogP contribution in [0.4, 0.5) is 0 Å². The molecule has 11 nitrogen and oxygen atoms in total. The van der Waals surface area contributed by atoms with Gasteiger partial charge in [-0.1, -0.05) is 47.1 Å². The highest BCUT2D eigenvalue weighted by Crippen LogP contribution is 2.30. The van der Waals surface area contributed by atoms with Crippen molar-refractivity contribution in [2.45, 2.75) is 17.4 Å². The lowest BCUT2D eigenvalue weighted by Crippen LogP contribution is -2.33. The van der Waals surface area contributed by atoms with E-state index in [-0.39, 0.29) is 23.4 Å². The van der Waals surface area contributed by atoms with Crippen LogP contribution in [0, 0.1) is 0 Å². The molecule has 1 aliphatic heterocycles. The summed E-state index contributed by atoms with van der Waals surface area (Å²) in [5.41, 5.74) is 8.71. The minimum atomic E-state index is -4.05. The van der Waals surface area contributed by atoms with Gasteiger partial charge in [-0.25, -0.2) is 5.01 Å². The van der Waals surface area contributed by atoms with Crippen LogP contribution in [0.2, 0.25) is 5.02 Å². The second-order valence-electron chi connectivity index (χ2n) is 8.05. The number of sulfonamides is 1. The number of hydrogen-bond acceptors (Lipinski definition) is 7. The summed E-state index contributed by atoms with van der Waals surface area (Å²) in [5.74, 6) is 0.660. The molecule has 4 aromatic rings. The lowest BCUT2D eigenvalue weighted by atomic mass is 9.90. The topological polar surface area (TPSA) is 152 Å². The number of hydrazone groups is 1. The molecule has 0 fully saturated rings. The van der Waals surface area contributed by atoms with Gasteiger partial charge in [0.05, 0.1) is 17.2 Å². The van der Waals surface area contributed by atoms with E-state index in [1.807, 2.05) is 54.6 Å². The summed E-state index contributed by atoms with van der Waals surface area (Å²) in [6.45, 7) is 0.493. The number of nitrogens with zero attached hydrogens (tertiary/aromatic N) is 6. The molecule has 1 atom stereocenters. The van der Waals surface area contributed by atoms with E-state index >= 15 is 0 Å². The molecule has 0 saturated carbocycles. The van der Waals surface area contributed by atoms with Crippen molar-refractivity contribution in [3.05, 3.63) is 101 Å². The molecule has 0 saturated heterocycles. The number of H-pyrrole nitrogens is 1. The Morgan fingerprint density at radius 1 is 1.08 bits per heavy atom. The van der Waals surface area contributed by atoms with Crippen LogP contribution in [0.25, 0.3) is 0 Å². The third-order valence-corrected chi connectivity index (χ3v) is 7.16. The van der Waals surface area contributed by atoms with Gasteiger partial charge in [0.2, 0.25) is 11.8 Å². The number of hydrogen-bond donors (Lipinski definition) is 2. The fraction of sp³-hybridized carbons (Fsp3) is 0.125. The summed E-state index contributed by atoms with van der Waals surface area (Å²) in [4.78, 5) is -0.0146. The van der Waals surface area contributed by atoms with E-state index in [0.717, 1.165) is 16.8 Å². The van der Waals surface area contributed by atoms with E-state index in [1.54, 1.807) is 0 Å². The number of tetrazole rings is 1. The maximum atomic E-state index is 12.8. The third kappa shape index (κ3) is 5.60. The maximum Gasteiger partial charge on any atom is 0.285 e. The Morgan fingerprint density at radius 2 is 1.81 bits per heavy atom. The highest BCUT2D eigenvalue weighted by molar-refractivity contribution is 7.90. The number of rotatable bonds is 7. The Kier molecular flexibility index (Phi) is 6.84. The zero-order valence-corrected chi connectivity index (χ0v) is 20.8. The van der Waals surface area contributed by atoms with Gasteiger partial charge < -0.3 is 10.5 Å². The standard InChI is InChI=1S/C24H21ClN8O3S/c25-18-8-12-20(13-9-18)37(34,35)30-24(26)33-14-21(16-4-2-1-3-5-16)23(29-33)17-6-10-19(11-7-17)36-15-22-27-31-32-28-22/h1-13,21H,14-15H2,(H2,26,30)(H,27,28,31,32). The van der Waals surface area contributed by atoms with Crippen molar-refractivity contribution >= 4 is 33.3 Å². The average molecular weight is 537 g/mol. The first-order valence-corrected chi connectivity index (χ1v) is 12.9. The van der Waals surface area contributed by atoms with Crippen LogP contribution >= 0.6 is 11.6 Å². The summed E-state index contributed by atoms with van der Waals surface area (Å²) in [5, 5.41) is 20.1. The van der Waals surface area contributed by atoms with Gasteiger partial charge in [-0.05, 0) is 59.7 Å². The SMILES string of the molecule is N/C(=N\S(=O)(=O)c1ccc(Cl)cc1)N1CC(c2ccccc2)C(c2ccc(OCc3nn[nH]n3)cc2)=N1. The highest BCUT2D eigenvalue weighted by Gasteiger charge is 2.31. The van der Waals surface area contributed by atoms with Crippen LogP contribution in [-0.4, -0.2) is 52.3 Å². The fourth-order valence-corrected chi connectivity index (χ4v) is 4.85. The molecule has 3 N–H and O–H groups in total. The number of benzene rings is 3. The molecule has 0 aliphatic carbocycles. The fourth-order valence-electron chi connectivity index (χ4n) is 3.80. The van der Waals surface area contributed by atoms with Gasteiger partial charge in [0.1, 0.15) is 5.75 Å². The van der Waals surface area contributed by atoms with Crippen molar-refractivity contribution in [3.63, 3.8) is 0 Å². The molecule has 3 aromatic carbocycles. The Bertz CT molecular complexity index is 1530. The molecular weight excluding hydrogens is 516 g/mol. The second-order valence-corrected chi connectivity index (χ2v) is 10.1. The van der Waals surface area contributed by atoms with Gasteiger partial charge in [-0.3, -0.25) is 0 Å². The van der Waals surface area contributed by atoms with Crippen LogP contribution in [0.3, 0.4) is 0 Å². The number of nitrogens with two attached hydrogens (primary N) is 1. The van der Waals surface area contributed by atoms with Gasteiger partial charge in [-0.15, -0.1) is 14.6 Å². The molecule has 1 aliphatic rings. The smallest absolute Gasteiger partial charge is 0.285 e. The number of aromatic nitrogens is 4. The molecule has 5 rings (SSSR count). The van der Waals surface area contributed by atoms with Crippen molar-refractivity contribution in [1.82, 2.24) is 25.6 Å². The van der Waals surface area contributed by atoms with Crippen molar-refractivity contribution in [2.24, 2.45) is 15.2 Å². The van der Waals surface area contributed by atoms with Crippen LogP contribution in [-0.2, 0) is 16.6 Å². The lowest BCUT2D eigenvalue weighted by molar-refractivity contribution is 0.296. The molecule has 188 valence electrons. The first-order valence-electron chi connectivity index (χ1n) is 11.1. The van der Waals surface area contributed by atoms with Crippen molar-refractivity contribution in [1.29, 1.82) is 0 Å². The van der Waals surface area contributed by atoms with Gasteiger partial charge in [0, 0.05) is 10.9 Å². The van der Waals surface area contributed by atoms with Gasteiger partial charge in [0.15, 0.2) is 6.61 Å². The summed E-state index contributed by atoms with van der Waals surface area (Å²) in [6, 6.07) is 22.9. The van der Waals surface area contributed by atoms with Crippen LogP contribution in [0.15, 0.2) is 93.3 Å². The Balaban J connectivity index is 1.42. The molecular formula is C24H21ClN8O3S. The highest BCUT2D eigenvalue weighted by atomic mass is 35.5. The second kappa shape index (κ2) is 10.4. The zero-order chi connectivity index (χ0) is 25.8. The monoisotopic (exact) mass is 536 g/mol. The molecule has 1 aromatic heterocycles. The lowest BCUT2D eigenvalue weighted by Gasteiger charge is -2.15. The van der Waals surface area contributed by atoms with Crippen LogP contribution < -0.4 is 10.5 Å². The summed E-state index contributed by atoms with van der Waals surface area (Å²) in [6.07, 6.45) is 0. The Morgan fingerprint density at radius 3 is 2.49 bits per heavy atom. The van der Waals surface area contributed by atoms with E-state index in [1.165, 1.54) is 29.3 Å². The molecule has 13 heteroatoms. The first-order chi connectivity index (χ1) is 17.9. The normalized spacial score (nSPS) is 16.0. The minimum Gasteiger partial charge on any atom is -0.485 e. The Labute approximate surface area is 217 Å². The molecule has 0 radical (unpaired) electrons. The van der Waals surface area contributed by atoms with Crippen LogP contribution in [0.1, 0.15) is 22.9 Å². The number of aromatic amines is 1. The van der Waals surface area contributed by atoms with E-state index in [0.29, 0.717) is 23.1 Å². The predicted molar refractivity (Wildman–Crippen MR) is 138 cm³/mol. The molecule has 0 amide bonds. The number of guanidine groups is 1. The molecule has 0 bridgehead atoms. The number of nitrogens with one attached hydrogen (secondary N) is 1. The largest absolute Gasteiger partial charge is 0.485 e. The first kappa shape index (κ1) is 24.4. The molecule has 0 spiro atoms. The van der Waals surface area contributed by atoms with E-state index in [9.17, 15) is 8.42 Å². The van der Waals surface area contributed by atoms with Crippen molar-refractivity contribution < 1.29 is 13.2 Å². The van der Waals surface area contributed by atoms with E-state index in [4.69, 9.17) is 22.1 Å². The van der Waals surface area contributed by atoms with Gasteiger partial charge in [0.25, 0.3) is 10.0 Å². The quantitative estimate of drug-likeness (QED) is 0.270. The Hall–Kier alpha value is -4.29. The molecule has 1 unspecified atom stereocenters. The van der Waals surface area contributed by atoms with Gasteiger partial charge >= 0.3 is 0 Å². The van der Waals surface area contributed by atoms with E-state index < -0.39 is 10.0 Å². The third-order valence-electron chi connectivity index (χ3n) is 5.61. The van der Waals surface area contributed by atoms with E-state index in [2.05, 4.69) is 30.1 Å². The minimum absolute atomic E-state index is 0.0146.